The van der Waals surface area contributed by atoms with E-state index < -0.39 is 6.43 Å². The van der Waals surface area contributed by atoms with Crippen LogP contribution in [0.3, 0.4) is 0 Å². The first-order valence-electron chi connectivity index (χ1n) is 3.78. The van der Waals surface area contributed by atoms with Crippen LogP contribution in [0, 0.1) is 0 Å². The molecule has 1 aromatic carbocycles. The Bertz CT molecular complexity index is 479. The second-order valence-electron chi connectivity index (χ2n) is 2.76. The summed E-state index contributed by atoms with van der Waals surface area (Å²) in [4.78, 5) is 0.433. The number of hydrogen-bond donors (Lipinski definition) is 1. The average Bonchev–Trinajstić information content (AvgIpc) is 2.44. The molecule has 74 valence electrons. The number of thiol groups is 1. The second-order valence-corrected chi connectivity index (χ2v) is 5.20. The second kappa shape index (κ2) is 3.79. The Balaban J connectivity index is 2.74. The Hall–Kier alpha value is -0.130. The van der Waals surface area contributed by atoms with E-state index in [1.54, 1.807) is 6.07 Å². The molecule has 0 bridgehead atoms. The van der Waals surface area contributed by atoms with Gasteiger partial charge in [-0.15, -0.1) is 24.0 Å². The largest absolute Gasteiger partial charge is 0.273 e. The molecule has 0 amide bonds. The van der Waals surface area contributed by atoms with Crippen LogP contribution in [0.5, 0.6) is 0 Å². The van der Waals surface area contributed by atoms with Gasteiger partial charge in [-0.1, -0.05) is 15.9 Å². The fourth-order valence-corrected chi connectivity index (χ4v) is 3.02. The molecule has 2 aromatic rings. The van der Waals surface area contributed by atoms with Crippen LogP contribution < -0.4 is 0 Å². The Morgan fingerprint density at radius 2 is 2.07 bits per heavy atom. The zero-order valence-corrected chi connectivity index (χ0v) is 10.1. The highest BCUT2D eigenvalue weighted by molar-refractivity contribution is 9.10. The van der Waals surface area contributed by atoms with Crippen LogP contribution in [-0.4, -0.2) is 0 Å². The smallest absolute Gasteiger partial charge is 0.204 e. The number of halogens is 3. The summed E-state index contributed by atoms with van der Waals surface area (Å²) >= 11 is 8.50. The third-order valence-corrected chi connectivity index (χ3v) is 4.15. The lowest BCUT2D eigenvalue weighted by Gasteiger charge is -1.94. The van der Waals surface area contributed by atoms with Gasteiger partial charge in [0.2, 0.25) is 0 Å². The maximum absolute atomic E-state index is 12.5. The van der Waals surface area contributed by atoms with Gasteiger partial charge in [0.05, 0.1) is 4.88 Å². The van der Waals surface area contributed by atoms with E-state index in [-0.39, 0.29) is 4.88 Å². The molecule has 0 aliphatic rings. The van der Waals surface area contributed by atoms with Crippen LogP contribution in [0.2, 0.25) is 0 Å². The molecule has 0 N–H and O–H groups in total. The number of benzene rings is 1. The van der Waals surface area contributed by atoms with E-state index in [4.69, 9.17) is 0 Å². The van der Waals surface area contributed by atoms with E-state index in [2.05, 4.69) is 28.6 Å². The van der Waals surface area contributed by atoms with Crippen molar-refractivity contribution in [1.82, 2.24) is 0 Å². The Morgan fingerprint density at radius 1 is 1.36 bits per heavy atom. The average molecular weight is 295 g/mol. The van der Waals surface area contributed by atoms with Crippen molar-refractivity contribution in [1.29, 1.82) is 0 Å². The maximum Gasteiger partial charge on any atom is 0.273 e. The Kier molecular flexibility index (Phi) is 2.81. The molecule has 1 heterocycles. The van der Waals surface area contributed by atoms with Crippen molar-refractivity contribution >= 4 is 50.0 Å². The maximum atomic E-state index is 12.5. The first kappa shape index (κ1) is 10.4. The lowest BCUT2D eigenvalue weighted by molar-refractivity contribution is 0.153. The zero-order chi connectivity index (χ0) is 10.3. The minimum absolute atomic E-state index is 0.0430. The van der Waals surface area contributed by atoms with E-state index in [0.29, 0.717) is 4.90 Å². The summed E-state index contributed by atoms with van der Waals surface area (Å²) in [5.74, 6) is 0. The summed E-state index contributed by atoms with van der Waals surface area (Å²) in [5.41, 5.74) is 0. The highest BCUT2D eigenvalue weighted by Gasteiger charge is 2.17. The fraction of sp³-hybridized carbons (Fsp3) is 0.111. The highest BCUT2D eigenvalue weighted by atomic mass is 79.9. The summed E-state index contributed by atoms with van der Waals surface area (Å²) in [6.45, 7) is 0. The van der Waals surface area contributed by atoms with Crippen LogP contribution in [0.4, 0.5) is 8.78 Å². The molecule has 0 atom stereocenters. The predicted octanol–water partition coefficient (Wildman–Crippen LogP) is 4.89. The first-order chi connectivity index (χ1) is 6.59. The summed E-state index contributed by atoms with van der Waals surface area (Å²) in [6.07, 6.45) is -2.45. The molecular weight excluding hydrogens is 290 g/mol. The van der Waals surface area contributed by atoms with Crippen molar-refractivity contribution in [2.75, 3.05) is 0 Å². The van der Waals surface area contributed by atoms with Gasteiger partial charge in [-0.05, 0) is 18.2 Å². The van der Waals surface area contributed by atoms with Gasteiger partial charge < -0.3 is 0 Å². The predicted molar refractivity (Wildman–Crippen MR) is 61.7 cm³/mol. The minimum atomic E-state index is -2.45. The summed E-state index contributed by atoms with van der Waals surface area (Å²) < 4.78 is 26.7. The van der Waals surface area contributed by atoms with Crippen LogP contribution in [0.15, 0.2) is 27.6 Å². The molecule has 0 radical (unpaired) electrons. The van der Waals surface area contributed by atoms with E-state index in [1.165, 1.54) is 0 Å². The van der Waals surface area contributed by atoms with Gasteiger partial charge in [0, 0.05) is 19.5 Å². The van der Waals surface area contributed by atoms with E-state index in [9.17, 15) is 8.78 Å². The van der Waals surface area contributed by atoms with Gasteiger partial charge in [-0.25, -0.2) is 8.78 Å². The van der Waals surface area contributed by atoms with Crippen molar-refractivity contribution < 1.29 is 8.78 Å². The summed E-state index contributed by atoms with van der Waals surface area (Å²) in [7, 11) is 0. The molecule has 0 unspecified atom stereocenters. The lowest BCUT2D eigenvalue weighted by Crippen LogP contribution is -1.77. The van der Waals surface area contributed by atoms with E-state index >= 15 is 0 Å². The van der Waals surface area contributed by atoms with E-state index in [1.807, 2.05) is 12.1 Å². The molecule has 0 aliphatic carbocycles. The molecule has 14 heavy (non-hydrogen) atoms. The molecule has 1 aromatic heterocycles. The van der Waals surface area contributed by atoms with Crippen molar-refractivity contribution in [3.05, 3.63) is 27.5 Å². The Morgan fingerprint density at radius 3 is 2.71 bits per heavy atom. The Labute approximate surface area is 97.5 Å². The minimum Gasteiger partial charge on any atom is -0.204 e. The normalized spacial score (nSPS) is 11.5. The van der Waals surface area contributed by atoms with Gasteiger partial charge >= 0.3 is 0 Å². The van der Waals surface area contributed by atoms with Crippen molar-refractivity contribution in [3.63, 3.8) is 0 Å². The van der Waals surface area contributed by atoms with Gasteiger partial charge in [0.25, 0.3) is 6.43 Å². The number of alkyl halides is 2. The molecule has 0 saturated carbocycles. The SMILES string of the molecule is FC(F)c1sc2ccc(Br)cc2c1S. The molecular formula is C9H5BrF2S2. The standard InChI is InChI=1S/C9H5BrF2S2/c10-4-1-2-6-5(3-4)7(13)8(14-6)9(11)12/h1-3,9,13H. The highest BCUT2D eigenvalue weighted by Crippen LogP contribution is 2.40. The molecule has 0 nitrogen and oxygen atoms in total. The lowest BCUT2D eigenvalue weighted by atomic mass is 10.2. The molecule has 0 fully saturated rings. The number of fused-ring (bicyclic) bond motifs is 1. The zero-order valence-electron chi connectivity index (χ0n) is 6.80. The number of hydrogen-bond acceptors (Lipinski definition) is 2. The molecule has 0 aliphatic heterocycles. The van der Waals surface area contributed by atoms with Gasteiger partial charge in [-0.2, -0.15) is 0 Å². The van der Waals surface area contributed by atoms with Gasteiger partial charge in [-0.3, -0.25) is 0 Å². The van der Waals surface area contributed by atoms with Crippen LogP contribution in [0.25, 0.3) is 10.1 Å². The fourth-order valence-electron chi connectivity index (χ4n) is 1.22. The van der Waals surface area contributed by atoms with Crippen LogP contribution >= 0.6 is 39.9 Å². The van der Waals surface area contributed by atoms with Crippen LogP contribution in [0.1, 0.15) is 11.3 Å². The topological polar surface area (TPSA) is 0 Å². The third kappa shape index (κ3) is 1.68. The van der Waals surface area contributed by atoms with E-state index in [0.717, 1.165) is 25.9 Å². The summed E-state index contributed by atoms with van der Waals surface area (Å²) in [6, 6.07) is 5.46. The molecule has 0 spiro atoms. The molecule has 2 rings (SSSR count). The van der Waals surface area contributed by atoms with Crippen LogP contribution in [-0.2, 0) is 0 Å². The van der Waals surface area contributed by atoms with Gasteiger partial charge in [0.15, 0.2) is 0 Å². The van der Waals surface area contributed by atoms with Crippen molar-refractivity contribution in [3.8, 4) is 0 Å². The quantitative estimate of drug-likeness (QED) is 0.711. The number of rotatable bonds is 1. The third-order valence-electron chi connectivity index (χ3n) is 1.85. The monoisotopic (exact) mass is 294 g/mol. The van der Waals surface area contributed by atoms with Crippen molar-refractivity contribution in [2.45, 2.75) is 11.3 Å². The molecule has 5 heteroatoms. The first-order valence-corrected chi connectivity index (χ1v) is 5.84. The summed E-state index contributed by atoms with van der Waals surface area (Å²) in [5, 5.41) is 0.781. The van der Waals surface area contributed by atoms with Crippen molar-refractivity contribution in [2.24, 2.45) is 0 Å². The molecule has 0 saturated heterocycles. The van der Waals surface area contributed by atoms with Gasteiger partial charge in [0.1, 0.15) is 0 Å². The number of thiophene rings is 1.